The Morgan fingerprint density at radius 2 is 1.93 bits per heavy atom. The third kappa shape index (κ3) is 2.10. The van der Waals surface area contributed by atoms with Gasteiger partial charge in [0.1, 0.15) is 0 Å². The number of nitrogens with two attached hydrogens (primary N) is 1. The molecule has 0 heterocycles. The largest absolute Gasteiger partial charge is 0.369 e. The van der Waals surface area contributed by atoms with Crippen LogP contribution in [0, 0.1) is 23.3 Å². The monoisotopic (exact) mass is 193 g/mol. The van der Waals surface area contributed by atoms with Gasteiger partial charge in [-0.05, 0) is 12.8 Å². The van der Waals surface area contributed by atoms with E-state index in [2.05, 4.69) is 0 Å². The standard InChI is InChI=1S/C9H11N3O2/c10-5-12-9(14)7-4-2-1-3-6(7)8(11)13/h1-2,6-7H,3-4H2,(H2,11,13)(H,12,14)/t6-,7+/m0/s1. The van der Waals surface area contributed by atoms with Gasteiger partial charge in [-0.25, -0.2) is 0 Å². The second kappa shape index (κ2) is 4.42. The van der Waals surface area contributed by atoms with Crippen molar-refractivity contribution in [3.8, 4) is 6.19 Å². The van der Waals surface area contributed by atoms with Crippen LogP contribution < -0.4 is 11.1 Å². The molecule has 3 N–H and O–H groups in total. The van der Waals surface area contributed by atoms with Crippen molar-refractivity contribution in [1.82, 2.24) is 5.32 Å². The van der Waals surface area contributed by atoms with Crippen LogP contribution in [0.5, 0.6) is 0 Å². The molecule has 0 radical (unpaired) electrons. The number of primary amides is 1. The molecule has 0 saturated heterocycles. The van der Waals surface area contributed by atoms with Crippen LogP contribution in [0.1, 0.15) is 12.8 Å². The highest BCUT2D eigenvalue weighted by Gasteiger charge is 2.32. The first-order valence-corrected chi connectivity index (χ1v) is 4.30. The van der Waals surface area contributed by atoms with Gasteiger partial charge in [-0.1, -0.05) is 12.2 Å². The van der Waals surface area contributed by atoms with Crippen LogP contribution in [-0.4, -0.2) is 11.8 Å². The molecule has 2 atom stereocenters. The van der Waals surface area contributed by atoms with Gasteiger partial charge in [0.25, 0.3) is 0 Å². The van der Waals surface area contributed by atoms with E-state index in [1.54, 1.807) is 6.19 Å². The number of nitrogens with one attached hydrogen (secondary N) is 1. The lowest BCUT2D eigenvalue weighted by Gasteiger charge is -2.23. The Balaban J connectivity index is 2.75. The topological polar surface area (TPSA) is 96.0 Å². The van der Waals surface area contributed by atoms with Crippen LogP contribution in [-0.2, 0) is 9.59 Å². The maximum absolute atomic E-state index is 11.3. The van der Waals surface area contributed by atoms with E-state index in [0.29, 0.717) is 12.8 Å². The second-order valence-corrected chi connectivity index (χ2v) is 3.16. The molecule has 0 aromatic rings. The van der Waals surface area contributed by atoms with Gasteiger partial charge < -0.3 is 5.73 Å². The Kier molecular flexibility index (Phi) is 3.24. The molecular weight excluding hydrogens is 182 g/mol. The fourth-order valence-electron chi connectivity index (χ4n) is 1.57. The maximum atomic E-state index is 11.3. The molecule has 5 nitrogen and oxygen atoms in total. The number of hydrogen-bond donors (Lipinski definition) is 2. The van der Waals surface area contributed by atoms with Crippen LogP contribution in [0.2, 0.25) is 0 Å². The van der Waals surface area contributed by atoms with Gasteiger partial charge >= 0.3 is 0 Å². The summed E-state index contributed by atoms with van der Waals surface area (Å²) in [6, 6.07) is 0. The molecule has 1 aliphatic rings. The van der Waals surface area contributed by atoms with Crippen molar-refractivity contribution in [1.29, 1.82) is 5.26 Å². The second-order valence-electron chi connectivity index (χ2n) is 3.16. The summed E-state index contributed by atoms with van der Waals surface area (Å²) in [6.07, 6.45) is 6.12. The van der Waals surface area contributed by atoms with E-state index in [1.165, 1.54) is 0 Å². The minimum Gasteiger partial charge on any atom is -0.369 e. The average molecular weight is 193 g/mol. The predicted octanol–water partition coefficient (Wildman–Crippen LogP) is -0.349. The number of carbonyl (C=O) groups excluding carboxylic acids is 2. The zero-order valence-electron chi connectivity index (χ0n) is 7.56. The quantitative estimate of drug-likeness (QED) is 0.356. The van der Waals surface area contributed by atoms with Crippen LogP contribution in [0.25, 0.3) is 0 Å². The third-order valence-corrected chi connectivity index (χ3v) is 2.31. The maximum Gasteiger partial charge on any atom is 0.237 e. The van der Waals surface area contributed by atoms with E-state index >= 15 is 0 Å². The van der Waals surface area contributed by atoms with Crippen LogP contribution in [0.15, 0.2) is 12.2 Å². The van der Waals surface area contributed by atoms with Crippen LogP contribution >= 0.6 is 0 Å². The van der Waals surface area contributed by atoms with Crippen molar-refractivity contribution in [3.63, 3.8) is 0 Å². The Bertz CT molecular complexity index is 317. The van der Waals surface area contributed by atoms with Crippen molar-refractivity contribution >= 4 is 11.8 Å². The molecule has 0 unspecified atom stereocenters. The minimum absolute atomic E-state index is 0.430. The van der Waals surface area contributed by atoms with Gasteiger partial charge in [0.05, 0.1) is 11.8 Å². The van der Waals surface area contributed by atoms with Crippen molar-refractivity contribution in [2.75, 3.05) is 0 Å². The molecule has 2 amide bonds. The Morgan fingerprint density at radius 3 is 2.43 bits per heavy atom. The van der Waals surface area contributed by atoms with Crippen LogP contribution in [0.3, 0.4) is 0 Å². The number of allylic oxidation sites excluding steroid dienone is 2. The molecule has 0 bridgehead atoms. The molecule has 0 saturated carbocycles. The van der Waals surface area contributed by atoms with Gasteiger partial charge in [-0.15, -0.1) is 0 Å². The van der Waals surface area contributed by atoms with Gasteiger partial charge in [-0.2, -0.15) is 5.26 Å². The highest BCUT2D eigenvalue weighted by Crippen LogP contribution is 2.25. The highest BCUT2D eigenvalue weighted by atomic mass is 16.2. The third-order valence-electron chi connectivity index (χ3n) is 2.31. The van der Waals surface area contributed by atoms with E-state index in [-0.39, 0.29) is 0 Å². The SMILES string of the molecule is N#CNC(=O)[C@@H]1CC=CC[C@@H]1C(N)=O. The fraction of sp³-hybridized carbons (Fsp3) is 0.444. The summed E-state index contributed by atoms with van der Waals surface area (Å²) < 4.78 is 0. The molecule has 0 aromatic carbocycles. The van der Waals surface area contributed by atoms with E-state index in [4.69, 9.17) is 11.0 Å². The normalized spacial score (nSPS) is 25.1. The van der Waals surface area contributed by atoms with E-state index in [9.17, 15) is 9.59 Å². The predicted molar refractivity (Wildman–Crippen MR) is 48.3 cm³/mol. The van der Waals surface area contributed by atoms with Crippen molar-refractivity contribution in [2.24, 2.45) is 17.6 Å². The summed E-state index contributed by atoms with van der Waals surface area (Å²) in [5.41, 5.74) is 5.16. The Hall–Kier alpha value is -1.83. The molecule has 1 aliphatic carbocycles. The van der Waals surface area contributed by atoms with Crippen molar-refractivity contribution in [3.05, 3.63) is 12.2 Å². The smallest absolute Gasteiger partial charge is 0.237 e. The summed E-state index contributed by atoms with van der Waals surface area (Å²) in [5, 5.41) is 10.3. The molecular formula is C9H11N3O2. The first-order chi connectivity index (χ1) is 6.66. The summed E-state index contributed by atoms with van der Waals surface area (Å²) in [7, 11) is 0. The van der Waals surface area contributed by atoms with Gasteiger partial charge in [0.15, 0.2) is 6.19 Å². The summed E-state index contributed by atoms with van der Waals surface area (Å²) in [4.78, 5) is 22.3. The van der Waals surface area contributed by atoms with Crippen molar-refractivity contribution in [2.45, 2.75) is 12.8 Å². The lowest BCUT2D eigenvalue weighted by atomic mass is 9.82. The Morgan fingerprint density at radius 1 is 1.36 bits per heavy atom. The van der Waals surface area contributed by atoms with Gasteiger partial charge in [-0.3, -0.25) is 14.9 Å². The molecule has 0 spiro atoms. The number of nitrogens with zero attached hydrogens (tertiary/aromatic N) is 1. The van der Waals surface area contributed by atoms with Gasteiger partial charge in [0, 0.05) is 0 Å². The minimum atomic E-state index is -0.503. The molecule has 1 rings (SSSR count). The van der Waals surface area contributed by atoms with Crippen molar-refractivity contribution < 1.29 is 9.59 Å². The van der Waals surface area contributed by atoms with E-state index in [0.717, 1.165) is 0 Å². The number of amides is 2. The summed E-state index contributed by atoms with van der Waals surface area (Å²) >= 11 is 0. The molecule has 74 valence electrons. The fourth-order valence-corrected chi connectivity index (χ4v) is 1.57. The first-order valence-electron chi connectivity index (χ1n) is 4.30. The lowest BCUT2D eigenvalue weighted by molar-refractivity contribution is -0.132. The summed E-state index contributed by atoms with van der Waals surface area (Å²) in [6.45, 7) is 0. The number of rotatable bonds is 2. The molecule has 14 heavy (non-hydrogen) atoms. The van der Waals surface area contributed by atoms with Gasteiger partial charge in [0.2, 0.25) is 11.8 Å². The Labute approximate surface area is 81.6 Å². The molecule has 0 aromatic heterocycles. The van der Waals surface area contributed by atoms with Crippen LogP contribution in [0.4, 0.5) is 0 Å². The number of carbonyl (C=O) groups is 2. The average Bonchev–Trinajstić information content (AvgIpc) is 2.18. The first kappa shape index (κ1) is 10.3. The number of nitriles is 1. The number of hydrogen-bond acceptors (Lipinski definition) is 3. The molecule has 0 aliphatic heterocycles. The zero-order chi connectivity index (χ0) is 10.6. The van der Waals surface area contributed by atoms with E-state index in [1.807, 2.05) is 17.5 Å². The summed E-state index contributed by atoms with van der Waals surface area (Å²) in [5.74, 6) is -1.92. The molecule has 5 heteroatoms. The zero-order valence-corrected chi connectivity index (χ0v) is 7.56. The molecule has 0 fully saturated rings. The highest BCUT2D eigenvalue weighted by molar-refractivity contribution is 5.88. The lowest BCUT2D eigenvalue weighted by Crippen LogP contribution is -2.39. The van der Waals surface area contributed by atoms with E-state index < -0.39 is 23.7 Å².